The molecule has 1 N–H and O–H groups in total. The normalized spacial score (nSPS) is 14.7. The fourth-order valence-corrected chi connectivity index (χ4v) is 7.12. The summed E-state index contributed by atoms with van der Waals surface area (Å²) in [6.45, 7) is 5.27. The number of phosphoric ester groups is 1. The van der Waals surface area contributed by atoms with Crippen molar-refractivity contribution in [2.24, 2.45) is 0 Å². The van der Waals surface area contributed by atoms with Gasteiger partial charge < -0.3 is 18.9 Å². The van der Waals surface area contributed by atoms with Crippen molar-refractivity contribution in [2.75, 3.05) is 54.1 Å². The van der Waals surface area contributed by atoms with Crippen LogP contribution in [0.25, 0.3) is 0 Å². The van der Waals surface area contributed by atoms with Crippen molar-refractivity contribution in [2.45, 2.75) is 174 Å². The van der Waals surface area contributed by atoms with Gasteiger partial charge in [0.15, 0.2) is 0 Å². The van der Waals surface area contributed by atoms with Gasteiger partial charge in [-0.3, -0.25) is 13.8 Å². The largest absolute Gasteiger partial charge is 0.472 e. The predicted octanol–water partition coefficient (Wildman–Crippen LogP) is 16.8. The summed E-state index contributed by atoms with van der Waals surface area (Å²) in [5, 5.41) is 0. The molecule has 0 bridgehead atoms. The number of quaternary nitrogens is 1. The number of unbranched alkanes of at least 4 members (excludes halogenated alkanes) is 9. The minimum Gasteiger partial charge on any atom is -0.457 e. The van der Waals surface area contributed by atoms with Crippen LogP contribution in [0.2, 0.25) is 0 Å². The molecule has 0 fully saturated rings. The van der Waals surface area contributed by atoms with Crippen LogP contribution in [-0.4, -0.2) is 75.6 Å². The monoisotopic (exact) mass is 977 g/mol. The number of carbonyl (C=O) groups excluding carboxylic acids is 1. The Hall–Kier alpha value is -3.62. The molecule has 0 rings (SSSR count). The fourth-order valence-electron chi connectivity index (χ4n) is 6.38. The van der Waals surface area contributed by atoms with Gasteiger partial charge >= 0.3 is 13.8 Å². The van der Waals surface area contributed by atoms with E-state index in [-0.39, 0.29) is 32.2 Å². The highest BCUT2D eigenvalue weighted by molar-refractivity contribution is 7.47. The number of esters is 1. The van der Waals surface area contributed by atoms with Gasteiger partial charge in [-0.05, 0) is 116 Å². The molecule has 0 amide bonds. The second-order valence-electron chi connectivity index (χ2n) is 18.1. The molecule has 9 heteroatoms. The maximum Gasteiger partial charge on any atom is 0.472 e. The lowest BCUT2D eigenvalue weighted by molar-refractivity contribution is -0.870. The lowest BCUT2D eigenvalue weighted by atomic mass is 10.1. The molecule has 0 radical (unpaired) electrons. The number of nitrogens with zero attached hydrogens (tertiary/aromatic N) is 1. The maximum absolute atomic E-state index is 12.8. The standard InChI is InChI=1S/C60H98NO7P/c1-6-8-10-12-14-16-18-20-22-24-26-28-30-31-32-33-35-37-39-41-43-45-47-49-51-53-60(62)68-59(58-67-69(63,64)66-56-54-61(3,4)5)57-65-55-52-50-48-46-44-42-40-38-36-34-29-27-25-23-21-19-17-15-13-11-9-7-2/h8-11,14-17,20-23,26-29,31-32,35-38,41,43,59H,6-7,12-13,18-19,24-25,30,33-34,39-40,42,44-58H2,1-5H3/p+1/b10-8-,11-9-,16-14-,17-15-,22-20-,23-21-,28-26-,29-27-,32-31-,37-35-,38-36-,43-41-. The van der Waals surface area contributed by atoms with Crippen LogP contribution in [0.5, 0.6) is 0 Å². The first kappa shape index (κ1) is 65.4. The second-order valence-corrected chi connectivity index (χ2v) is 19.6. The van der Waals surface area contributed by atoms with Crippen molar-refractivity contribution in [1.29, 1.82) is 0 Å². The van der Waals surface area contributed by atoms with E-state index in [0.717, 1.165) is 122 Å². The number of hydrogen-bond acceptors (Lipinski definition) is 6. The Labute approximate surface area is 423 Å². The molecule has 2 atom stereocenters. The molecule has 8 nitrogen and oxygen atoms in total. The fraction of sp³-hybridized carbons (Fsp3) is 0.583. The molecule has 0 heterocycles. The smallest absolute Gasteiger partial charge is 0.457 e. The molecule has 0 spiro atoms. The van der Waals surface area contributed by atoms with Crippen molar-refractivity contribution in [1.82, 2.24) is 0 Å². The minimum absolute atomic E-state index is 0.0688. The van der Waals surface area contributed by atoms with E-state index in [1.54, 1.807) is 0 Å². The third kappa shape index (κ3) is 55.2. The summed E-state index contributed by atoms with van der Waals surface area (Å²) in [6.07, 6.45) is 76.1. The van der Waals surface area contributed by atoms with E-state index in [4.69, 9.17) is 18.5 Å². The topological polar surface area (TPSA) is 91.3 Å². The molecule has 0 aromatic rings. The number of ether oxygens (including phenoxy) is 2. The third-order valence-corrected chi connectivity index (χ3v) is 11.4. The number of rotatable bonds is 47. The van der Waals surface area contributed by atoms with E-state index in [1.807, 2.05) is 21.1 Å². The molecule has 69 heavy (non-hydrogen) atoms. The van der Waals surface area contributed by atoms with Crippen molar-refractivity contribution < 1.29 is 37.3 Å². The molecule has 0 aromatic heterocycles. The first-order valence-corrected chi connectivity index (χ1v) is 28.1. The zero-order chi connectivity index (χ0) is 50.5. The highest BCUT2D eigenvalue weighted by Gasteiger charge is 2.26. The summed E-state index contributed by atoms with van der Waals surface area (Å²) in [6, 6.07) is 0. The Kier molecular flexibility index (Phi) is 48.1. The molecule has 2 unspecified atom stereocenters. The van der Waals surface area contributed by atoms with Crippen LogP contribution >= 0.6 is 7.82 Å². The molecule has 0 aliphatic carbocycles. The van der Waals surface area contributed by atoms with E-state index in [1.165, 1.54) is 19.3 Å². The Morgan fingerprint density at radius 3 is 1.19 bits per heavy atom. The van der Waals surface area contributed by atoms with Gasteiger partial charge in [-0.2, -0.15) is 0 Å². The Balaban J connectivity index is 4.30. The molecule has 0 aliphatic rings. The van der Waals surface area contributed by atoms with Gasteiger partial charge in [-0.1, -0.05) is 192 Å². The van der Waals surface area contributed by atoms with Crippen LogP contribution in [0.1, 0.15) is 168 Å². The van der Waals surface area contributed by atoms with Crippen molar-refractivity contribution in [3.63, 3.8) is 0 Å². The van der Waals surface area contributed by atoms with Gasteiger partial charge in [-0.25, -0.2) is 4.57 Å². The summed E-state index contributed by atoms with van der Waals surface area (Å²) in [5.74, 6) is -0.358. The first-order chi connectivity index (χ1) is 33.6. The van der Waals surface area contributed by atoms with Crippen LogP contribution < -0.4 is 0 Å². The van der Waals surface area contributed by atoms with E-state index < -0.39 is 13.9 Å². The first-order valence-electron chi connectivity index (χ1n) is 26.6. The number of phosphoric acid groups is 1. The van der Waals surface area contributed by atoms with Gasteiger partial charge in [-0.15, -0.1) is 0 Å². The molecule has 390 valence electrons. The van der Waals surface area contributed by atoms with Crippen molar-refractivity contribution in [3.8, 4) is 0 Å². The van der Waals surface area contributed by atoms with Gasteiger partial charge in [0.05, 0.1) is 34.4 Å². The second kappa shape index (κ2) is 50.8. The van der Waals surface area contributed by atoms with Crippen LogP contribution in [0.3, 0.4) is 0 Å². The lowest BCUT2D eigenvalue weighted by Crippen LogP contribution is -2.37. The summed E-state index contributed by atoms with van der Waals surface area (Å²) >= 11 is 0. The minimum atomic E-state index is -4.31. The van der Waals surface area contributed by atoms with Crippen LogP contribution in [0, 0.1) is 0 Å². The van der Waals surface area contributed by atoms with Gasteiger partial charge in [0.1, 0.15) is 19.3 Å². The Bertz CT molecular complexity index is 1600. The van der Waals surface area contributed by atoms with Crippen LogP contribution in [0.4, 0.5) is 0 Å². The van der Waals surface area contributed by atoms with E-state index >= 15 is 0 Å². The molecular weight excluding hydrogens is 878 g/mol. The van der Waals surface area contributed by atoms with Gasteiger partial charge in [0, 0.05) is 13.0 Å². The lowest BCUT2D eigenvalue weighted by Gasteiger charge is -2.24. The predicted molar refractivity (Wildman–Crippen MR) is 297 cm³/mol. The number of carbonyl (C=O) groups is 1. The molecule has 0 aromatic carbocycles. The Morgan fingerprint density at radius 1 is 0.449 bits per heavy atom. The highest BCUT2D eigenvalue weighted by Crippen LogP contribution is 2.43. The highest BCUT2D eigenvalue weighted by atomic mass is 31.2. The molecule has 0 saturated heterocycles. The summed E-state index contributed by atoms with van der Waals surface area (Å²) in [7, 11) is 1.61. The van der Waals surface area contributed by atoms with Crippen LogP contribution in [0.15, 0.2) is 146 Å². The van der Waals surface area contributed by atoms with Gasteiger partial charge in [0.25, 0.3) is 0 Å². The number of likely N-dealkylation sites (N-methyl/N-ethyl adjacent to an activating group) is 1. The van der Waals surface area contributed by atoms with Crippen molar-refractivity contribution >= 4 is 13.8 Å². The van der Waals surface area contributed by atoms with E-state index in [2.05, 4.69) is 160 Å². The van der Waals surface area contributed by atoms with Crippen molar-refractivity contribution in [3.05, 3.63) is 146 Å². The number of hydrogen-bond donors (Lipinski definition) is 1. The zero-order valence-corrected chi connectivity index (χ0v) is 45.1. The zero-order valence-electron chi connectivity index (χ0n) is 44.2. The third-order valence-electron chi connectivity index (χ3n) is 10.4. The average Bonchev–Trinajstić information content (AvgIpc) is 3.31. The summed E-state index contributed by atoms with van der Waals surface area (Å²) in [5.41, 5.74) is 0. The van der Waals surface area contributed by atoms with E-state index in [9.17, 15) is 14.3 Å². The van der Waals surface area contributed by atoms with Gasteiger partial charge in [0.2, 0.25) is 0 Å². The Morgan fingerprint density at radius 2 is 0.797 bits per heavy atom. The quantitative estimate of drug-likeness (QED) is 0.0214. The summed E-state index contributed by atoms with van der Waals surface area (Å²) in [4.78, 5) is 23.0. The molecule has 0 aliphatic heterocycles. The molecule has 0 saturated carbocycles. The van der Waals surface area contributed by atoms with Crippen LogP contribution in [-0.2, 0) is 27.9 Å². The SMILES string of the molecule is CC/C=C\C/C=C\C/C=C\C/C=C\C/C=C\C/C=C\C/C=C\CCCCCC(=O)OC(COCCCCCCCC/C=C\C/C=C\C/C=C\C/C=C\C/C=C\CC)COP(=O)(O)OCC[N+](C)(C)C. The molecular formula is C60H99NO7P+. The maximum atomic E-state index is 12.8. The van der Waals surface area contributed by atoms with E-state index in [0.29, 0.717) is 24.1 Å². The number of allylic oxidation sites excluding steroid dienone is 24. The summed E-state index contributed by atoms with van der Waals surface area (Å²) < 4.78 is 35.1. The average molecular weight is 977 g/mol.